The first kappa shape index (κ1) is 11.7. The number of hydrogen-bond donors (Lipinski definition) is 0. The normalized spacial score (nSPS) is 27.1. The Morgan fingerprint density at radius 2 is 1.93 bits per heavy atom. The Hall–Kier alpha value is -0.330. The highest BCUT2D eigenvalue weighted by atomic mass is 16.1. The molecule has 0 N–H and O–H groups in total. The molecule has 1 heteroatoms. The monoisotopic (exact) mass is 196 g/mol. The topological polar surface area (TPSA) is 17.1 Å². The zero-order chi connectivity index (χ0) is 10.6. The van der Waals surface area contributed by atoms with Gasteiger partial charge in [0.15, 0.2) is 0 Å². The van der Waals surface area contributed by atoms with Crippen molar-refractivity contribution in [1.29, 1.82) is 0 Å². The number of carbonyl (C=O) groups is 1. The van der Waals surface area contributed by atoms with E-state index in [9.17, 15) is 4.79 Å². The first-order valence-corrected chi connectivity index (χ1v) is 6.21. The van der Waals surface area contributed by atoms with E-state index in [1.54, 1.807) is 0 Å². The molecule has 1 saturated carbocycles. The second-order valence-corrected chi connectivity index (χ2v) is 4.87. The highest BCUT2D eigenvalue weighted by Crippen LogP contribution is 2.33. The smallest absolute Gasteiger partial charge is 0.136 e. The summed E-state index contributed by atoms with van der Waals surface area (Å²) in [6, 6.07) is 0. The minimum atomic E-state index is 0.399. The summed E-state index contributed by atoms with van der Waals surface area (Å²) in [6.07, 6.45) is 6.83. The van der Waals surface area contributed by atoms with Gasteiger partial charge < -0.3 is 0 Å². The van der Waals surface area contributed by atoms with Crippen LogP contribution in [0.15, 0.2) is 0 Å². The van der Waals surface area contributed by atoms with Crippen molar-refractivity contribution in [1.82, 2.24) is 0 Å². The lowest BCUT2D eigenvalue weighted by molar-refractivity contribution is -0.124. The van der Waals surface area contributed by atoms with Crippen LogP contribution in [-0.4, -0.2) is 5.78 Å². The van der Waals surface area contributed by atoms with Gasteiger partial charge in [0.25, 0.3) is 0 Å². The number of rotatable bonds is 5. The molecule has 0 amide bonds. The zero-order valence-corrected chi connectivity index (χ0v) is 9.88. The third-order valence-electron chi connectivity index (χ3n) is 3.92. The number of Topliss-reactive ketones (excluding diaryl/α,β-unsaturated/α-hetero) is 1. The molecule has 0 radical (unpaired) electrons. The van der Waals surface area contributed by atoms with Crippen molar-refractivity contribution in [3.63, 3.8) is 0 Å². The Kier molecular flexibility index (Phi) is 4.64. The summed E-state index contributed by atoms with van der Waals surface area (Å²) in [5, 5.41) is 0. The van der Waals surface area contributed by atoms with Gasteiger partial charge in [0.2, 0.25) is 0 Å². The van der Waals surface area contributed by atoms with Gasteiger partial charge in [0, 0.05) is 12.3 Å². The van der Waals surface area contributed by atoms with Crippen LogP contribution in [0.4, 0.5) is 0 Å². The third-order valence-corrected chi connectivity index (χ3v) is 3.92. The number of ketones is 1. The van der Waals surface area contributed by atoms with Gasteiger partial charge in [-0.25, -0.2) is 0 Å². The van der Waals surface area contributed by atoms with Gasteiger partial charge in [-0.1, -0.05) is 40.0 Å². The first-order chi connectivity index (χ1) is 6.69. The van der Waals surface area contributed by atoms with Gasteiger partial charge in [-0.3, -0.25) is 4.79 Å². The van der Waals surface area contributed by atoms with Crippen molar-refractivity contribution in [2.45, 2.75) is 59.3 Å². The van der Waals surface area contributed by atoms with Crippen LogP contribution in [0.3, 0.4) is 0 Å². The molecule has 0 aromatic carbocycles. The Morgan fingerprint density at radius 1 is 1.29 bits per heavy atom. The van der Waals surface area contributed by atoms with Crippen molar-refractivity contribution in [3.8, 4) is 0 Å². The van der Waals surface area contributed by atoms with Crippen LogP contribution in [0.5, 0.6) is 0 Å². The maximum absolute atomic E-state index is 12.0. The third kappa shape index (κ3) is 2.83. The fraction of sp³-hybridized carbons (Fsp3) is 0.923. The molecule has 14 heavy (non-hydrogen) atoms. The lowest BCUT2D eigenvalue weighted by atomic mass is 9.86. The van der Waals surface area contributed by atoms with Crippen LogP contribution < -0.4 is 0 Å². The summed E-state index contributed by atoms with van der Waals surface area (Å²) >= 11 is 0. The van der Waals surface area contributed by atoms with E-state index in [-0.39, 0.29) is 0 Å². The van der Waals surface area contributed by atoms with Crippen molar-refractivity contribution in [2.75, 3.05) is 0 Å². The molecule has 1 fully saturated rings. The predicted molar refractivity (Wildman–Crippen MR) is 60.2 cm³/mol. The van der Waals surface area contributed by atoms with Crippen LogP contribution in [0.1, 0.15) is 59.3 Å². The molecule has 2 atom stereocenters. The van der Waals surface area contributed by atoms with Crippen LogP contribution in [-0.2, 0) is 4.79 Å². The highest BCUT2D eigenvalue weighted by Gasteiger charge is 2.29. The Balaban J connectivity index is 2.40. The highest BCUT2D eigenvalue weighted by molar-refractivity contribution is 5.81. The largest absolute Gasteiger partial charge is 0.299 e. The van der Waals surface area contributed by atoms with E-state index in [4.69, 9.17) is 0 Å². The minimum absolute atomic E-state index is 0.399. The lowest BCUT2D eigenvalue weighted by Crippen LogP contribution is -2.19. The fourth-order valence-electron chi connectivity index (χ4n) is 2.64. The molecule has 1 aliphatic carbocycles. The predicted octanol–water partition coefficient (Wildman–Crippen LogP) is 3.82. The van der Waals surface area contributed by atoms with Gasteiger partial charge in [0.05, 0.1) is 0 Å². The molecule has 0 bridgehead atoms. The average Bonchev–Trinajstić information content (AvgIpc) is 2.60. The van der Waals surface area contributed by atoms with Gasteiger partial charge >= 0.3 is 0 Å². The quantitative estimate of drug-likeness (QED) is 0.653. The molecular weight excluding hydrogens is 172 g/mol. The van der Waals surface area contributed by atoms with E-state index in [1.807, 2.05) is 0 Å². The van der Waals surface area contributed by atoms with Crippen molar-refractivity contribution >= 4 is 5.78 Å². The molecule has 1 aliphatic rings. The van der Waals surface area contributed by atoms with E-state index in [2.05, 4.69) is 20.8 Å². The molecule has 0 aromatic heterocycles. The Bertz CT molecular complexity index is 182. The maximum Gasteiger partial charge on any atom is 0.136 e. The average molecular weight is 196 g/mol. The van der Waals surface area contributed by atoms with Gasteiger partial charge in [-0.15, -0.1) is 0 Å². The molecule has 2 unspecified atom stereocenters. The SMILES string of the molecule is CCC(CC)CC(=O)C1CCCC1C. The summed E-state index contributed by atoms with van der Waals surface area (Å²) in [7, 11) is 0. The van der Waals surface area contributed by atoms with Crippen molar-refractivity contribution < 1.29 is 4.79 Å². The minimum Gasteiger partial charge on any atom is -0.299 e. The van der Waals surface area contributed by atoms with Crippen LogP contribution in [0, 0.1) is 17.8 Å². The molecule has 0 saturated heterocycles. The van der Waals surface area contributed by atoms with Gasteiger partial charge in [-0.2, -0.15) is 0 Å². The summed E-state index contributed by atoms with van der Waals surface area (Å²) in [5.74, 6) is 2.23. The standard InChI is InChI=1S/C13H24O/c1-4-11(5-2)9-13(14)12-8-6-7-10(12)3/h10-12H,4-9H2,1-3H3. The lowest BCUT2D eigenvalue weighted by Gasteiger charge is -2.17. The van der Waals surface area contributed by atoms with Crippen LogP contribution in [0.2, 0.25) is 0 Å². The van der Waals surface area contributed by atoms with E-state index in [0.717, 1.165) is 25.7 Å². The van der Waals surface area contributed by atoms with Crippen molar-refractivity contribution in [2.24, 2.45) is 17.8 Å². The van der Waals surface area contributed by atoms with E-state index in [0.29, 0.717) is 23.5 Å². The molecule has 0 spiro atoms. The molecule has 0 heterocycles. The fourth-order valence-corrected chi connectivity index (χ4v) is 2.64. The Labute approximate surface area is 88.3 Å². The zero-order valence-electron chi connectivity index (χ0n) is 9.88. The molecule has 0 aromatic rings. The van der Waals surface area contributed by atoms with Crippen LogP contribution >= 0.6 is 0 Å². The first-order valence-electron chi connectivity index (χ1n) is 6.21. The van der Waals surface area contributed by atoms with Gasteiger partial charge in [0.1, 0.15) is 5.78 Å². The van der Waals surface area contributed by atoms with Gasteiger partial charge in [-0.05, 0) is 24.7 Å². The second kappa shape index (κ2) is 5.53. The summed E-state index contributed by atoms with van der Waals surface area (Å²) in [5.41, 5.74) is 0. The summed E-state index contributed by atoms with van der Waals surface area (Å²) in [6.45, 7) is 6.63. The van der Waals surface area contributed by atoms with E-state index < -0.39 is 0 Å². The molecule has 82 valence electrons. The van der Waals surface area contributed by atoms with E-state index >= 15 is 0 Å². The van der Waals surface area contributed by atoms with Crippen molar-refractivity contribution in [3.05, 3.63) is 0 Å². The maximum atomic E-state index is 12.0. The summed E-state index contributed by atoms with van der Waals surface area (Å²) in [4.78, 5) is 12.0. The van der Waals surface area contributed by atoms with Crippen LogP contribution in [0.25, 0.3) is 0 Å². The Morgan fingerprint density at radius 3 is 2.36 bits per heavy atom. The molecule has 0 aliphatic heterocycles. The molecule has 1 nitrogen and oxygen atoms in total. The number of carbonyl (C=O) groups excluding carboxylic acids is 1. The van der Waals surface area contributed by atoms with E-state index in [1.165, 1.54) is 12.8 Å². The second-order valence-electron chi connectivity index (χ2n) is 4.87. The molecular formula is C13H24O. The molecule has 1 rings (SSSR count). The number of hydrogen-bond acceptors (Lipinski definition) is 1. The summed E-state index contributed by atoms with van der Waals surface area (Å²) < 4.78 is 0.